The third-order valence-electron chi connectivity index (χ3n) is 4.75. The lowest BCUT2D eigenvalue weighted by molar-refractivity contribution is -0.143. The van der Waals surface area contributed by atoms with Crippen molar-refractivity contribution in [2.45, 2.75) is 95.1 Å². The Bertz CT molecular complexity index is 623. The number of amides is 1. The molecule has 0 aromatic heterocycles. The first kappa shape index (κ1) is 27.9. The zero-order chi connectivity index (χ0) is 22.7. The van der Waals surface area contributed by atoms with E-state index < -0.39 is 0 Å². The second kappa shape index (κ2) is 18.4. The SMILES string of the molecule is CCOC(=O)CCCSc1ccccc1NC(=O)CCCCCCCCCSC(C)C. The van der Waals surface area contributed by atoms with E-state index in [-0.39, 0.29) is 11.9 Å². The Hall–Kier alpha value is -1.14. The average Bonchev–Trinajstić information content (AvgIpc) is 2.73. The number of unbranched alkanes of at least 4 members (excludes halogenated alkanes) is 6. The fourth-order valence-electron chi connectivity index (χ4n) is 3.13. The van der Waals surface area contributed by atoms with Gasteiger partial charge in [-0.1, -0.05) is 58.1 Å². The van der Waals surface area contributed by atoms with Crippen molar-refractivity contribution in [2.75, 3.05) is 23.4 Å². The van der Waals surface area contributed by atoms with Gasteiger partial charge in [0.15, 0.2) is 0 Å². The van der Waals surface area contributed by atoms with Crippen LogP contribution in [0.15, 0.2) is 29.2 Å². The number of para-hydroxylation sites is 1. The zero-order valence-electron chi connectivity index (χ0n) is 19.6. The van der Waals surface area contributed by atoms with Gasteiger partial charge >= 0.3 is 5.97 Å². The molecule has 1 rings (SSSR count). The maximum absolute atomic E-state index is 12.3. The number of rotatable bonds is 18. The lowest BCUT2D eigenvalue weighted by Gasteiger charge is -2.11. The van der Waals surface area contributed by atoms with Crippen molar-refractivity contribution >= 4 is 41.1 Å². The Morgan fingerprint density at radius 1 is 0.903 bits per heavy atom. The Kier molecular flexibility index (Phi) is 16.6. The summed E-state index contributed by atoms with van der Waals surface area (Å²) in [6.07, 6.45) is 10.3. The zero-order valence-corrected chi connectivity index (χ0v) is 21.3. The van der Waals surface area contributed by atoms with Gasteiger partial charge in [0.1, 0.15) is 0 Å². The molecule has 0 heterocycles. The van der Waals surface area contributed by atoms with Crippen LogP contribution in [0.4, 0.5) is 5.69 Å². The number of nitrogens with one attached hydrogen (secondary N) is 1. The molecule has 1 aromatic carbocycles. The summed E-state index contributed by atoms with van der Waals surface area (Å²) in [5.74, 6) is 2.05. The molecule has 0 fully saturated rings. The fraction of sp³-hybridized carbons (Fsp3) is 0.680. The Morgan fingerprint density at radius 3 is 2.29 bits per heavy atom. The molecule has 4 nitrogen and oxygen atoms in total. The molecule has 0 radical (unpaired) electrons. The molecule has 6 heteroatoms. The summed E-state index contributed by atoms with van der Waals surface area (Å²) in [5.41, 5.74) is 0.868. The summed E-state index contributed by atoms with van der Waals surface area (Å²) in [7, 11) is 0. The van der Waals surface area contributed by atoms with Crippen LogP contribution in [0.3, 0.4) is 0 Å². The van der Waals surface area contributed by atoms with Gasteiger partial charge in [0.05, 0.1) is 12.3 Å². The van der Waals surface area contributed by atoms with Crippen molar-refractivity contribution in [3.63, 3.8) is 0 Å². The maximum Gasteiger partial charge on any atom is 0.305 e. The molecule has 176 valence electrons. The lowest BCUT2D eigenvalue weighted by atomic mass is 10.1. The van der Waals surface area contributed by atoms with E-state index >= 15 is 0 Å². The van der Waals surface area contributed by atoms with Crippen LogP contribution in [0, 0.1) is 0 Å². The molecule has 1 amide bonds. The lowest BCUT2D eigenvalue weighted by Crippen LogP contribution is -2.11. The summed E-state index contributed by atoms with van der Waals surface area (Å²) in [4.78, 5) is 24.8. The van der Waals surface area contributed by atoms with E-state index in [1.165, 1.54) is 37.9 Å². The number of carbonyl (C=O) groups is 2. The molecule has 0 aliphatic heterocycles. The van der Waals surface area contributed by atoms with Crippen LogP contribution < -0.4 is 5.32 Å². The third-order valence-corrected chi connectivity index (χ3v) is 7.10. The van der Waals surface area contributed by atoms with Crippen molar-refractivity contribution in [3.8, 4) is 0 Å². The minimum atomic E-state index is -0.144. The highest BCUT2D eigenvalue weighted by molar-refractivity contribution is 7.99. The molecule has 31 heavy (non-hydrogen) atoms. The second-order valence-electron chi connectivity index (χ2n) is 7.95. The van der Waals surface area contributed by atoms with E-state index in [0.717, 1.165) is 40.8 Å². The first-order valence-electron chi connectivity index (χ1n) is 11.8. The summed E-state index contributed by atoms with van der Waals surface area (Å²) >= 11 is 3.72. The summed E-state index contributed by atoms with van der Waals surface area (Å²) in [6.45, 7) is 6.76. The molecule has 0 spiro atoms. The summed E-state index contributed by atoms with van der Waals surface area (Å²) in [6, 6.07) is 7.89. The summed E-state index contributed by atoms with van der Waals surface area (Å²) in [5, 5.41) is 3.80. The Labute approximate surface area is 198 Å². The van der Waals surface area contributed by atoms with E-state index in [2.05, 4.69) is 30.9 Å². The number of carbonyl (C=O) groups excluding carboxylic acids is 2. The molecule has 0 saturated heterocycles. The van der Waals surface area contributed by atoms with Gasteiger partial charge in [-0.15, -0.1) is 11.8 Å². The molecular formula is C25H41NO3S2. The minimum Gasteiger partial charge on any atom is -0.466 e. The molecule has 1 N–H and O–H groups in total. The molecule has 0 aliphatic rings. The standard InChI is InChI=1S/C25H41NO3S2/c1-4-29-25(28)18-14-20-31-23-16-12-11-15-22(23)26-24(27)17-10-8-6-5-7-9-13-19-30-21(2)3/h11-12,15-16,21H,4-10,13-14,17-20H2,1-3H3,(H,26,27). The highest BCUT2D eigenvalue weighted by Gasteiger charge is 2.08. The van der Waals surface area contributed by atoms with Gasteiger partial charge in [0.2, 0.25) is 5.91 Å². The number of hydrogen-bond acceptors (Lipinski definition) is 5. The van der Waals surface area contributed by atoms with E-state index in [4.69, 9.17) is 4.74 Å². The van der Waals surface area contributed by atoms with E-state index in [9.17, 15) is 9.59 Å². The van der Waals surface area contributed by atoms with Gasteiger partial charge in [-0.05, 0) is 55.1 Å². The van der Waals surface area contributed by atoms with Crippen molar-refractivity contribution in [1.29, 1.82) is 0 Å². The number of ether oxygens (including phenoxy) is 1. The second-order valence-corrected chi connectivity index (χ2v) is 10.8. The quantitative estimate of drug-likeness (QED) is 0.139. The van der Waals surface area contributed by atoms with E-state index in [0.29, 0.717) is 19.4 Å². The third kappa shape index (κ3) is 15.3. The number of benzene rings is 1. The highest BCUT2D eigenvalue weighted by atomic mass is 32.2. The van der Waals surface area contributed by atoms with Gasteiger partial charge in [-0.2, -0.15) is 11.8 Å². The molecule has 0 bridgehead atoms. The topological polar surface area (TPSA) is 55.4 Å². The first-order valence-corrected chi connectivity index (χ1v) is 13.8. The number of anilines is 1. The largest absolute Gasteiger partial charge is 0.466 e. The van der Waals surface area contributed by atoms with Crippen molar-refractivity contribution in [1.82, 2.24) is 0 Å². The molecule has 0 saturated carbocycles. The molecular weight excluding hydrogens is 426 g/mol. The molecule has 0 unspecified atom stereocenters. The Balaban J connectivity index is 2.15. The van der Waals surface area contributed by atoms with Crippen LogP contribution >= 0.6 is 23.5 Å². The summed E-state index contributed by atoms with van der Waals surface area (Å²) < 4.78 is 4.96. The predicted molar refractivity (Wildman–Crippen MR) is 136 cm³/mol. The first-order chi connectivity index (χ1) is 15.0. The smallest absolute Gasteiger partial charge is 0.305 e. The van der Waals surface area contributed by atoms with Crippen LogP contribution in [0.2, 0.25) is 0 Å². The number of thioether (sulfide) groups is 2. The van der Waals surface area contributed by atoms with Gasteiger partial charge in [0.25, 0.3) is 0 Å². The van der Waals surface area contributed by atoms with Gasteiger partial charge in [0, 0.05) is 17.7 Å². The van der Waals surface area contributed by atoms with Crippen molar-refractivity contribution < 1.29 is 14.3 Å². The highest BCUT2D eigenvalue weighted by Crippen LogP contribution is 2.28. The van der Waals surface area contributed by atoms with E-state index in [1.54, 1.807) is 11.8 Å². The molecule has 0 aliphatic carbocycles. The number of hydrogen-bond donors (Lipinski definition) is 1. The van der Waals surface area contributed by atoms with Crippen LogP contribution in [0.25, 0.3) is 0 Å². The minimum absolute atomic E-state index is 0.0882. The monoisotopic (exact) mass is 467 g/mol. The predicted octanol–water partition coefficient (Wildman–Crippen LogP) is 7.32. The fourth-order valence-corrected chi connectivity index (χ4v) is 4.93. The van der Waals surface area contributed by atoms with Gasteiger partial charge in [-0.25, -0.2) is 0 Å². The number of esters is 1. The molecule has 0 atom stereocenters. The van der Waals surface area contributed by atoms with Crippen LogP contribution in [0.1, 0.15) is 85.0 Å². The molecule has 1 aromatic rings. The van der Waals surface area contributed by atoms with Crippen molar-refractivity contribution in [2.24, 2.45) is 0 Å². The van der Waals surface area contributed by atoms with Gasteiger partial charge in [-0.3, -0.25) is 9.59 Å². The van der Waals surface area contributed by atoms with Crippen LogP contribution in [-0.4, -0.2) is 35.2 Å². The van der Waals surface area contributed by atoms with Crippen molar-refractivity contribution in [3.05, 3.63) is 24.3 Å². The van der Waals surface area contributed by atoms with Crippen LogP contribution in [0.5, 0.6) is 0 Å². The average molecular weight is 468 g/mol. The van der Waals surface area contributed by atoms with Gasteiger partial charge < -0.3 is 10.1 Å². The van der Waals surface area contributed by atoms with E-state index in [1.807, 2.05) is 31.2 Å². The Morgan fingerprint density at radius 2 is 1.58 bits per heavy atom. The normalized spacial score (nSPS) is 11.0. The maximum atomic E-state index is 12.3. The van der Waals surface area contributed by atoms with Crippen LogP contribution in [-0.2, 0) is 14.3 Å².